The molecule has 0 radical (unpaired) electrons. The van der Waals surface area contributed by atoms with Gasteiger partial charge in [-0.1, -0.05) is 30.3 Å². The van der Waals surface area contributed by atoms with Gasteiger partial charge in [-0.05, 0) is 67.4 Å². The molecule has 1 amide bonds. The first kappa shape index (κ1) is 21.4. The quantitative estimate of drug-likeness (QED) is 0.420. The van der Waals surface area contributed by atoms with E-state index in [0.717, 1.165) is 28.1 Å². The first-order chi connectivity index (χ1) is 16.4. The summed E-state index contributed by atoms with van der Waals surface area (Å²) in [4.78, 5) is 18.4. The molecule has 0 unspecified atom stereocenters. The second kappa shape index (κ2) is 8.51. The van der Waals surface area contributed by atoms with Crippen LogP contribution in [0.3, 0.4) is 0 Å². The molecule has 0 atom stereocenters. The van der Waals surface area contributed by atoms with E-state index in [0.29, 0.717) is 22.3 Å². The lowest BCUT2D eigenvalue weighted by atomic mass is 10.0. The lowest BCUT2D eigenvalue weighted by molar-refractivity contribution is 0.102. The van der Waals surface area contributed by atoms with Crippen molar-refractivity contribution < 1.29 is 4.79 Å². The maximum absolute atomic E-state index is 13.5. The third-order valence-electron chi connectivity index (χ3n) is 5.78. The Bertz CT molecular complexity index is 1500. The van der Waals surface area contributed by atoms with Crippen molar-refractivity contribution in [3.8, 4) is 16.9 Å². The Labute approximate surface area is 196 Å². The number of pyridine rings is 1. The minimum Gasteiger partial charge on any atom is -0.322 e. The summed E-state index contributed by atoms with van der Waals surface area (Å²) in [7, 11) is 0. The van der Waals surface area contributed by atoms with Crippen LogP contribution in [0.15, 0.2) is 61.1 Å². The van der Waals surface area contributed by atoms with Gasteiger partial charge < -0.3 is 5.32 Å². The average molecular weight is 453 g/mol. The standard InChI is InChI=1S/C25H24N8O/c1-15(2)33-24-21(13-27-33)20(12-22(29-24)19-8-6-5-7-16(19)3)25(34)28-18-10-9-17(4)23(11-18)32-14-26-30-31-32/h5-15H,1-4H3,(H,28,34). The van der Waals surface area contributed by atoms with Gasteiger partial charge in [0.15, 0.2) is 5.65 Å². The van der Waals surface area contributed by atoms with Crippen LogP contribution in [0.25, 0.3) is 28.0 Å². The molecule has 0 aliphatic carbocycles. The summed E-state index contributed by atoms with van der Waals surface area (Å²) in [5.41, 5.74) is 6.40. The maximum atomic E-state index is 13.5. The largest absolute Gasteiger partial charge is 0.322 e. The van der Waals surface area contributed by atoms with Gasteiger partial charge in [0, 0.05) is 17.3 Å². The number of amides is 1. The van der Waals surface area contributed by atoms with Crippen molar-refractivity contribution in [3.63, 3.8) is 0 Å². The van der Waals surface area contributed by atoms with Gasteiger partial charge in [0.1, 0.15) is 6.33 Å². The molecular formula is C25H24N8O. The molecule has 1 N–H and O–H groups in total. The number of nitrogens with zero attached hydrogens (tertiary/aromatic N) is 7. The maximum Gasteiger partial charge on any atom is 0.256 e. The van der Waals surface area contributed by atoms with Crippen LogP contribution in [0.2, 0.25) is 0 Å². The smallest absolute Gasteiger partial charge is 0.256 e. The van der Waals surface area contributed by atoms with E-state index in [1.54, 1.807) is 10.9 Å². The molecule has 3 aromatic heterocycles. The summed E-state index contributed by atoms with van der Waals surface area (Å²) in [6.07, 6.45) is 3.23. The van der Waals surface area contributed by atoms with Crippen LogP contribution in [-0.4, -0.2) is 40.9 Å². The Kier molecular flexibility index (Phi) is 5.37. The molecular weight excluding hydrogens is 428 g/mol. The van der Waals surface area contributed by atoms with Crippen LogP contribution in [0.4, 0.5) is 5.69 Å². The van der Waals surface area contributed by atoms with Crippen LogP contribution in [0.1, 0.15) is 41.4 Å². The number of nitrogens with one attached hydrogen (secondary N) is 1. The summed E-state index contributed by atoms with van der Waals surface area (Å²) in [6.45, 7) is 8.08. The number of tetrazole rings is 1. The van der Waals surface area contributed by atoms with Crippen molar-refractivity contribution in [3.05, 3.63) is 77.7 Å². The number of fused-ring (bicyclic) bond motifs is 1. The fourth-order valence-corrected chi connectivity index (χ4v) is 3.99. The minimum absolute atomic E-state index is 0.101. The molecule has 9 heteroatoms. The Morgan fingerprint density at radius 3 is 2.59 bits per heavy atom. The highest BCUT2D eigenvalue weighted by atomic mass is 16.1. The molecule has 0 fully saturated rings. The van der Waals surface area contributed by atoms with Crippen molar-refractivity contribution in [2.24, 2.45) is 0 Å². The molecule has 9 nitrogen and oxygen atoms in total. The predicted molar refractivity (Wildman–Crippen MR) is 130 cm³/mol. The van der Waals surface area contributed by atoms with Crippen LogP contribution >= 0.6 is 0 Å². The highest BCUT2D eigenvalue weighted by Crippen LogP contribution is 2.29. The number of carbonyl (C=O) groups excluding carboxylic acids is 1. The van der Waals surface area contributed by atoms with E-state index >= 15 is 0 Å². The lowest BCUT2D eigenvalue weighted by Gasteiger charge is -2.13. The monoisotopic (exact) mass is 452 g/mol. The van der Waals surface area contributed by atoms with Gasteiger partial charge >= 0.3 is 0 Å². The van der Waals surface area contributed by atoms with Gasteiger partial charge in [-0.25, -0.2) is 14.3 Å². The average Bonchev–Trinajstić information content (AvgIpc) is 3.50. The first-order valence-corrected chi connectivity index (χ1v) is 11.0. The normalized spacial score (nSPS) is 11.3. The number of aromatic nitrogens is 7. The minimum atomic E-state index is -0.239. The van der Waals surface area contributed by atoms with Crippen LogP contribution in [-0.2, 0) is 0 Å². The predicted octanol–water partition coefficient (Wildman–Crippen LogP) is 4.52. The van der Waals surface area contributed by atoms with E-state index in [9.17, 15) is 4.79 Å². The molecule has 34 heavy (non-hydrogen) atoms. The molecule has 0 bridgehead atoms. The molecule has 0 saturated heterocycles. The number of rotatable bonds is 5. The molecule has 2 aromatic carbocycles. The number of aryl methyl sites for hydroxylation is 2. The molecule has 170 valence electrons. The highest BCUT2D eigenvalue weighted by molar-refractivity contribution is 6.12. The van der Waals surface area contributed by atoms with E-state index in [2.05, 4.69) is 25.9 Å². The van der Waals surface area contributed by atoms with Crippen LogP contribution < -0.4 is 5.32 Å². The van der Waals surface area contributed by atoms with E-state index in [4.69, 9.17) is 4.98 Å². The first-order valence-electron chi connectivity index (χ1n) is 11.0. The lowest BCUT2D eigenvalue weighted by Crippen LogP contribution is -2.14. The molecule has 3 heterocycles. The summed E-state index contributed by atoms with van der Waals surface area (Å²) in [6, 6.07) is 15.6. The molecule has 0 aliphatic heterocycles. The van der Waals surface area contributed by atoms with Crippen molar-refractivity contribution in [2.75, 3.05) is 5.32 Å². The van der Waals surface area contributed by atoms with E-state index in [-0.39, 0.29) is 11.9 Å². The van der Waals surface area contributed by atoms with Gasteiger partial charge in [0.05, 0.1) is 28.5 Å². The van der Waals surface area contributed by atoms with E-state index in [1.165, 1.54) is 6.33 Å². The van der Waals surface area contributed by atoms with Crippen molar-refractivity contribution in [2.45, 2.75) is 33.7 Å². The number of anilines is 1. The van der Waals surface area contributed by atoms with Crippen molar-refractivity contribution >= 4 is 22.6 Å². The van der Waals surface area contributed by atoms with Gasteiger partial charge in [-0.3, -0.25) is 4.79 Å². The van der Waals surface area contributed by atoms with Crippen molar-refractivity contribution in [1.29, 1.82) is 0 Å². The van der Waals surface area contributed by atoms with Gasteiger partial charge in [0.2, 0.25) is 0 Å². The van der Waals surface area contributed by atoms with Crippen LogP contribution in [0, 0.1) is 13.8 Å². The fourth-order valence-electron chi connectivity index (χ4n) is 3.99. The molecule has 5 rings (SSSR count). The number of carbonyl (C=O) groups is 1. The highest BCUT2D eigenvalue weighted by Gasteiger charge is 2.19. The van der Waals surface area contributed by atoms with Gasteiger partial charge in [0.25, 0.3) is 5.91 Å². The van der Waals surface area contributed by atoms with E-state index < -0.39 is 0 Å². The summed E-state index contributed by atoms with van der Waals surface area (Å²) in [5, 5.41) is 19.6. The number of hydrogen-bond acceptors (Lipinski definition) is 6. The van der Waals surface area contributed by atoms with E-state index in [1.807, 2.05) is 80.9 Å². The SMILES string of the molecule is Cc1ccccc1-c1cc(C(=O)Nc2ccc(C)c(-n3cnnn3)c2)c2cnn(C(C)C)c2n1. The number of benzene rings is 2. The number of hydrogen-bond donors (Lipinski definition) is 1. The Morgan fingerprint density at radius 2 is 1.85 bits per heavy atom. The third-order valence-corrected chi connectivity index (χ3v) is 5.78. The molecule has 0 spiro atoms. The Hall–Kier alpha value is -4.40. The molecule has 0 aliphatic rings. The van der Waals surface area contributed by atoms with Crippen LogP contribution in [0.5, 0.6) is 0 Å². The van der Waals surface area contributed by atoms with Crippen molar-refractivity contribution in [1.82, 2.24) is 35.0 Å². The molecule has 0 saturated carbocycles. The zero-order valence-electron chi connectivity index (χ0n) is 19.4. The zero-order valence-corrected chi connectivity index (χ0v) is 19.4. The summed E-state index contributed by atoms with van der Waals surface area (Å²) in [5.74, 6) is -0.239. The summed E-state index contributed by atoms with van der Waals surface area (Å²) >= 11 is 0. The third kappa shape index (κ3) is 3.81. The summed E-state index contributed by atoms with van der Waals surface area (Å²) < 4.78 is 3.41. The van der Waals surface area contributed by atoms with Gasteiger partial charge in [-0.2, -0.15) is 5.10 Å². The molecule has 5 aromatic rings. The Balaban J connectivity index is 1.60. The Morgan fingerprint density at radius 1 is 1.03 bits per heavy atom. The second-order valence-electron chi connectivity index (χ2n) is 8.50. The topological polar surface area (TPSA) is 103 Å². The van der Waals surface area contributed by atoms with Gasteiger partial charge in [-0.15, -0.1) is 5.10 Å². The zero-order chi connectivity index (χ0) is 23.8. The second-order valence-corrected chi connectivity index (χ2v) is 8.50. The fraction of sp³-hybridized carbons (Fsp3) is 0.200.